The molecule has 0 unspecified atom stereocenters. The largest absolute Gasteiger partial charge is 0.396 e. The average molecular weight is 329 g/mol. The number of aromatic nitrogens is 1. The highest BCUT2D eigenvalue weighted by molar-refractivity contribution is 6.06. The number of nitrogens with zero attached hydrogens (tertiary/aromatic N) is 1. The van der Waals surface area contributed by atoms with E-state index >= 15 is 0 Å². The molecule has 1 amide bonds. The number of H-pyrrole nitrogens is 1. The summed E-state index contributed by atoms with van der Waals surface area (Å²) in [6.07, 6.45) is 2.23. The zero-order valence-electron chi connectivity index (χ0n) is 14.6. The smallest absolute Gasteiger partial charge is 0.253 e. The molecule has 0 saturated carbocycles. The number of nitrogens with one attached hydrogen (secondary N) is 2. The normalized spacial score (nSPS) is 18.9. The van der Waals surface area contributed by atoms with Crippen LogP contribution < -0.4 is 5.32 Å². The Balaban J connectivity index is 1.60. The van der Waals surface area contributed by atoms with Gasteiger partial charge in [-0.15, -0.1) is 0 Å². The lowest BCUT2D eigenvalue weighted by Crippen LogP contribution is -2.41. The molecule has 24 heavy (non-hydrogen) atoms. The van der Waals surface area contributed by atoms with Gasteiger partial charge in [0.25, 0.3) is 5.91 Å². The summed E-state index contributed by atoms with van der Waals surface area (Å²) < 4.78 is 0. The van der Waals surface area contributed by atoms with Crippen molar-refractivity contribution in [2.24, 2.45) is 5.92 Å². The first-order chi connectivity index (χ1) is 11.6. The maximum atomic E-state index is 12.6. The minimum absolute atomic E-state index is 0.0300. The Bertz CT molecular complexity index is 723. The Morgan fingerprint density at radius 3 is 3.04 bits per heavy atom. The van der Waals surface area contributed by atoms with Gasteiger partial charge in [0.2, 0.25) is 0 Å². The van der Waals surface area contributed by atoms with E-state index in [4.69, 9.17) is 0 Å². The summed E-state index contributed by atoms with van der Waals surface area (Å²) in [5, 5.41) is 13.4. The topological polar surface area (TPSA) is 68.4 Å². The van der Waals surface area contributed by atoms with Crippen molar-refractivity contribution in [3.05, 3.63) is 35.0 Å². The molecule has 3 N–H and O–H groups in total. The fourth-order valence-corrected chi connectivity index (χ4v) is 3.60. The summed E-state index contributed by atoms with van der Waals surface area (Å²) in [5.41, 5.74) is 3.93. The first-order valence-corrected chi connectivity index (χ1v) is 8.79. The first-order valence-electron chi connectivity index (χ1n) is 8.79. The molecule has 130 valence electrons. The number of carbonyl (C=O) groups is 1. The predicted octanol–water partition coefficient (Wildman–Crippen LogP) is 2.22. The van der Waals surface area contributed by atoms with Gasteiger partial charge in [0.05, 0.1) is 11.1 Å². The van der Waals surface area contributed by atoms with Gasteiger partial charge >= 0.3 is 0 Å². The number of carbonyl (C=O) groups excluding carboxylic acids is 1. The van der Waals surface area contributed by atoms with Gasteiger partial charge < -0.3 is 20.3 Å². The van der Waals surface area contributed by atoms with Gasteiger partial charge in [-0.05, 0) is 50.8 Å². The van der Waals surface area contributed by atoms with Crippen LogP contribution in [0.3, 0.4) is 0 Å². The second kappa shape index (κ2) is 7.36. The molecule has 1 aliphatic heterocycles. The standard InChI is InChI=1S/C19H27N3O2/c1-13-14(2)21-18-16(13)6-3-7-17(18)19(24)20-8-10-22-9-4-5-15(11-22)12-23/h3,6-7,15,21,23H,4-5,8-12H2,1-2H3,(H,20,24)/t15-/m0/s1. The molecular formula is C19H27N3O2. The third-order valence-corrected chi connectivity index (χ3v) is 5.16. The number of amides is 1. The van der Waals surface area contributed by atoms with Crippen LogP contribution in [0, 0.1) is 19.8 Å². The zero-order valence-corrected chi connectivity index (χ0v) is 14.6. The number of likely N-dealkylation sites (tertiary alicyclic amines) is 1. The molecule has 5 nitrogen and oxygen atoms in total. The van der Waals surface area contributed by atoms with Crippen LogP contribution in [0.15, 0.2) is 18.2 Å². The van der Waals surface area contributed by atoms with Crippen LogP contribution in [0.25, 0.3) is 10.9 Å². The van der Waals surface area contributed by atoms with Crippen LogP contribution in [0.4, 0.5) is 0 Å². The van der Waals surface area contributed by atoms with Gasteiger partial charge in [0, 0.05) is 37.3 Å². The third-order valence-electron chi connectivity index (χ3n) is 5.16. The molecule has 1 fully saturated rings. The molecule has 1 aromatic carbocycles. The quantitative estimate of drug-likeness (QED) is 0.788. The number of hydrogen-bond donors (Lipinski definition) is 3. The molecule has 1 aliphatic rings. The molecule has 0 radical (unpaired) electrons. The maximum absolute atomic E-state index is 12.6. The van der Waals surface area contributed by atoms with Crippen LogP contribution in [0.5, 0.6) is 0 Å². The number of aromatic amines is 1. The molecule has 1 saturated heterocycles. The number of hydrogen-bond acceptors (Lipinski definition) is 3. The number of aliphatic hydroxyl groups is 1. The summed E-state index contributed by atoms with van der Waals surface area (Å²) in [7, 11) is 0. The van der Waals surface area contributed by atoms with Crippen LogP contribution >= 0.6 is 0 Å². The summed E-state index contributed by atoms with van der Waals surface area (Å²) in [6, 6.07) is 5.86. The molecule has 2 heterocycles. The zero-order chi connectivity index (χ0) is 17.1. The highest BCUT2D eigenvalue weighted by atomic mass is 16.3. The van der Waals surface area contributed by atoms with E-state index in [1.807, 2.05) is 25.1 Å². The first kappa shape index (κ1) is 17.0. The van der Waals surface area contributed by atoms with E-state index in [1.165, 1.54) is 5.56 Å². The van der Waals surface area contributed by atoms with Crippen LogP contribution in [-0.2, 0) is 0 Å². The van der Waals surface area contributed by atoms with Gasteiger partial charge in [-0.25, -0.2) is 0 Å². The van der Waals surface area contributed by atoms with E-state index in [2.05, 4.69) is 22.1 Å². The number of benzene rings is 1. The van der Waals surface area contributed by atoms with E-state index in [0.29, 0.717) is 18.0 Å². The molecule has 1 aromatic heterocycles. The van der Waals surface area contributed by atoms with E-state index in [-0.39, 0.29) is 12.5 Å². The number of aliphatic hydroxyl groups excluding tert-OH is 1. The highest BCUT2D eigenvalue weighted by Crippen LogP contribution is 2.24. The third kappa shape index (κ3) is 3.47. The Kier molecular flexibility index (Phi) is 5.21. The lowest BCUT2D eigenvalue weighted by molar-refractivity contribution is 0.0932. The number of para-hydroxylation sites is 1. The van der Waals surface area contributed by atoms with Gasteiger partial charge in [0.15, 0.2) is 0 Å². The van der Waals surface area contributed by atoms with Crippen molar-refractivity contribution in [3.63, 3.8) is 0 Å². The summed E-state index contributed by atoms with van der Waals surface area (Å²) in [4.78, 5) is 18.2. The summed E-state index contributed by atoms with van der Waals surface area (Å²) in [5.74, 6) is 0.352. The Morgan fingerprint density at radius 2 is 2.25 bits per heavy atom. The van der Waals surface area contributed by atoms with Gasteiger partial charge in [-0.1, -0.05) is 12.1 Å². The molecule has 0 aliphatic carbocycles. The van der Waals surface area contributed by atoms with Crippen LogP contribution in [0.1, 0.15) is 34.5 Å². The van der Waals surface area contributed by atoms with Crippen molar-refractivity contribution in [2.75, 3.05) is 32.8 Å². The molecule has 2 aromatic rings. The minimum Gasteiger partial charge on any atom is -0.396 e. The number of piperidine rings is 1. The molecule has 1 atom stereocenters. The number of rotatable bonds is 5. The van der Waals surface area contributed by atoms with Crippen molar-refractivity contribution in [3.8, 4) is 0 Å². The SMILES string of the molecule is Cc1[nH]c2c(C(=O)NCCN3CCC[C@H](CO)C3)cccc2c1C. The van der Waals surface area contributed by atoms with Crippen molar-refractivity contribution < 1.29 is 9.90 Å². The van der Waals surface area contributed by atoms with Crippen molar-refractivity contribution >= 4 is 16.8 Å². The van der Waals surface area contributed by atoms with E-state index in [1.54, 1.807) is 0 Å². The minimum atomic E-state index is -0.0300. The fraction of sp³-hybridized carbons (Fsp3) is 0.526. The molecule has 0 spiro atoms. The van der Waals surface area contributed by atoms with Crippen molar-refractivity contribution in [2.45, 2.75) is 26.7 Å². The van der Waals surface area contributed by atoms with Gasteiger partial charge in [-0.2, -0.15) is 0 Å². The van der Waals surface area contributed by atoms with Crippen molar-refractivity contribution in [1.29, 1.82) is 0 Å². The lowest BCUT2D eigenvalue weighted by Gasteiger charge is -2.31. The molecule has 3 rings (SSSR count). The molecule has 0 bridgehead atoms. The fourth-order valence-electron chi connectivity index (χ4n) is 3.60. The Morgan fingerprint density at radius 1 is 1.42 bits per heavy atom. The summed E-state index contributed by atoms with van der Waals surface area (Å²) >= 11 is 0. The number of aryl methyl sites for hydroxylation is 2. The summed E-state index contributed by atoms with van der Waals surface area (Å²) in [6.45, 7) is 7.81. The molecule has 5 heteroatoms. The van der Waals surface area contributed by atoms with Crippen molar-refractivity contribution in [1.82, 2.24) is 15.2 Å². The predicted molar refractivity (Wildman–Crippen MR) is 96.4 cm³/mol. The average Bonchev–Trinajstić information content (AvgIpc) is 2.89. The second-order valence-corrected chi connectivity index (χ2v) is 6.85. The molecular weight excluding hydrogens is 302 g/mol. The monoisotopic (exact) mass is 329 g/mol. The van der Waals surface area contributed by atoms with Gasteiger partial charge in [0.1, 0.15) is 0 Å². The number of fused-ring (bicyclic) bond motifs is 1. The highest BCUT2D eigenvalue weighted by Gasteiger charge is 2.19. The van der Waals surface area contributed by atoms with Crippen LogP contribution in [-0.4, -0.2) is 53.7 Å². The van der Waals surface area contributed by atoms with Gasteiger partial charge in [-0.3, -0.25) is 4.79 Å². The maximum Gasteiger partial charge on any atom is 0.253 e. The van der Waals surface area contributed by atoms with E-state index < -0.39 is 0 Å². The van der Waals surface area contributed by atoms with E-state index in [9.17, 15) is 9.90 Å². The lowest BCUT2D eigenvalue weighted by atomic mass is 9.99. The van der Waals surface area contributed by atoms with Crippen LogP contribution in [0.2, 0.25) is 0 Å². The Labute approximate surface area is 143 Å². The van der Waals surface area contributed by atoms with E-state index in [0.717, 1.165) is 49.1 Å². The second-order valence-electron chi connectivity index (χ2n) is 6.85. The Hall–Kier alpha value is -1.85.